The highest BCUT2D eigenvalue weighted by Crippen LogP contribution is 2.13. The molecule has 0 radical (unpaired) electrons. The van der Waals surface area contributed by atoms with E-state index in [2.05, 4.69) is 24.2 Å². The number of nitrogens with one attached hydrogen (secondary N) is 1. The number of guanidine groups is 1. The number of halogens is 1. The van der Waals surface area contributed by atoms with Crippen molar-refractivity contribution in [2.45, 2.75) is 46.6 Å². The molecule has 142 valence electrons. The molecule has 1 aromatic carbocycles. The molecule has 25 heavy (non-hydrogen) atoms. The van der Waals surface area contributed by atoms with Gasteiger partial charge in [0, 0.05) is 25.3 Å². The Balaban J connectivity index is 0.00000576. The number of nitrogens with zero attached hydrogens (tertiary/aromatic N) is 2. The van der Waals surface area contributed by atoms with Crippen molar-refractivity contribution in [3.05, 3.63) is 29.8 Å². The highest BCUT2D eigenvalue weighted by atomic mass is 127. The van der Waals surface area contributed by atoms with Gasteiger partial charge in [-0.15, -0.1) is 24.0 Å². The first-order chi connectivity index (χ1) is 11.2. The Morgan fingerprint density at radius 1 is 1.20 bits per heavy atom. The molecule has 0 aliphatic rings. The number of hydrogen-bond donors (Lipinski definition) is 2. The summed E-state index contributed by atoms with van der Waals surface area (Å²) in [6.07, 6.45) is 0.348. The molecule has 0 unspecified atom stereocenters. The molecule has 1 amide bonds. The largest absolute Gasteiger partial charge is 0.444 e. The first-order valence-corrected chi connectivity index (χ1v) is 8.39. The number of aliphatic imine (C=N–C) groups is 1. The maximum Gasteiger partial charge on any atom is 0.412 e. The number of nitrogens with two attached hydrogens (primary N) is 1. The van der Waals surface area contributed by atoms with Crippen molar-refractivity contribution < 1.29 is 9.53 Å². The van der Waals surface area contributed by atoms with Gasteiger partial charge in [0.2, 0.25) is 0 Å². The van der Waals surface area contributed by atoms with E-state index >= 15 is 0 Å². The number of ether oxygens (including phenoxy) is 1. The van der Waals surface area contributed by atoms with E-state index in [1.165, 1.54) is 0 Å². The smallest absolute Gasteiger partial charge is 0.412 e. The van der Waals surface area contributed by atoms with E-state index in [4.69, 9.17) is 10.5 Å². The van der Waals surface area contributed by atoms with Gasteiger partial charge in [-0.25, -0.2) is 4.79 Å². The van der Waals surface area contributed by atoms with Crippen LogP contribution in [-0.2, 0) is 11.2 Å². The number of anilines is 1. The SMILES string of the molecule is CCN(CC)C(N)=NCCc1ccc(NC(=O)OC(C)(C)C)cc1.I. The second-order valence-electron chi connectivity index (χ2n) is 6.49. The predicted molar refractivity (Wildman–Crippen MR) is 115 cm³/mol. The van der Waals surface area contributed by atoms with Gasteiger partial charge >= 0.3 is 6.09 Å². The second-order valence-corrected chi connectivity index (χ2v) is 6.49. The zero-order valence-corrected chi connectivity index (χ0v) is 18.2. The van der Waals surface area contributed by atoms with Gasteiger partial charge in [-0.05, 0) is 58.7 Å². The van der Waals surface area contributed by atoms with Crippen molar-refractivity contribution in [3.8, 4) is 0 Å². The lowest BCUT2D eigenvalue weighted by Gasteiger charge is -2.19. The summed E-state index contributed by atoms with van der Waals surface area (Å²) in [7, 11) is 0. The van der Waals surface area contributed by atoms with Crippen LogP contribution in [0.5, 0.6) is 0 Å². The van der Waals surface area contributed by atoms with Crippen LogP contribution >= 0.6 is 24.0 Å². The van der Waals surface area contributed by atoms with E-state index in [1.54, 1.807) is 0 Å². The molecule has 6 nitrogen and oxygen atoms in total. The molecule has 1 rings (SSSR count). The zero-order chi connectivity index (χ0) is 18.2. The maximum atomic E-state index is 11.7. The maximum absolute atomic E-state index is 11.7. The Kier molecular flexibility index (Phi) is 10.5. The highest BCUT2D eigenvalue weighted by molar-refractivity contribution is 14.0. The van der Waals surface area contributed by atoms with Gasteiger partial charge in [0.05, 0.1) is 0 Å². The molecule has 7 heteroatoms. The molecule has 0 aromatic heterocycles. The molecule has 0 spiro atoms. The highest BCUT2D eigenvalue weighted by Gasteiger charge is 2.16. The Morgan fingerprint density at radius 3 is 2.24 bits per heavy atom. The predicted octanol–water partition coefficient (Wildman–Crippen LogP) is 3.85. The third kappa shape index (κ3) is 9.52. The topological polar surface area (TPSA) is 80.0 Å². The van der Waals surface area contributed by atoms with Crippen molar-refractivity contribution in [2.24, 2.45) is 10.7 Å². The Morgan fingerprint density at radius 2 is 1.76 bits per heavy atom. The summed E-state index contributed by atoms with van der Waals surface area (Å²) in [4.78, 5) is 18.1. The first kappa shape index (κ1) is 23.5. The lowest BCUT2D eigenvalue weighted by Crippen LogP contribution is -2.37. The summed E-state index contributed by atoms with van der Waals surface area (Å²) >= 11 is 0. The van der Waals surface area contributed by atoms with Gasteiger partial charge in [0.15, 0.2) is 5.96 Å². The zero-order valence-electron chi connectivity index (χ0n) is 15.8. The van der Waals surface area contributed by atoms with Gasteiger partial charge < -0.3 is 15.4 Å². The molecule has 0 saturated heterocycles. The van der Waals surface area contributed by atoms with Gasteiger partial charge in [-0.1, -0.05) is 12.1 Å². The van der Waals surface area contributed by atoms with Crippen LogP contribution in [0.15, 0.2) is 29.3 Å². The molecular formula is C18H31IN4O2. The minimum Gasteiger partial charge on any atom is -0.444 e. The molecule has 0 atom stereocenters. The van der Waals surface area contributed by atoms with Gasteiger partial charge in [-0.2, -0.15) is 0 Å². The van der Waals surface area contributed by atoms with Crippen molar-refractivity contribution in [1.82, 2.24) is 4.90 Å². The van der Waals surface area contributed by atoms with E-state index in [1.807, 2.05) is 49.9 Å². The average Bonchev–Trinajstić information content (AvgIpc) is 2.48. The molecule has 0 fully saturated rings. The Labute approximate surface area is 168 Å². The summed E-state index contributed by atoms with van der Waals surface area (Å²) in [5.74, 6) is 0.586. The number of amides is 1. The van der Waals surface area contributed by atoms with Crippen LogP contribution in [0.1, 0.15) is 40.2 Å². The molecule has 3 N–H and O–H groups in total. The third-order valence-electron chi connectivity index (χ3n) is 3.36. The summed E-state index contributed by atoms with van der Waals surface area (Å²) in [6, 6.07) is 7.65. The van der Waals surface area contributed by atoms with Crippen LogP contribution in [-0.4, -0.2) is 42.2 Å². The summed E-state index contributed by atoms with van der Waals surface area (Å²) in [5, 5.41) is 2.71. The Bertz CT molecular complexity index is 549. The van der Waals surface area contributed by atoms with Crippen LogP contribution in [0.25, 0.3) is 0 Å². The van der Waals surface area contributed by atoms with Crippen molar-refractivity contribution in [1.29, 1.82) is 0 Å². The van der Waals surface area contributed by atoms with Crippen LogP contribution < -0.4 is 11.1 Å². The number of benzene rings is 1. The van der Waals surface area contributed by atoms with Crippen LogP contribution in [0.4, 0.5) is 10.5 Å². The Hall–Kier alpha value is -1.51. The van der Waals surface area contributed by atoms with Crippen molar-refractivity contribution >= 4 is 41.7 Å². The lowest BCUT2D eigenvalue weighted by molar-refractivity contribution is 0.0636. The van der Waals surface area contributed by atoms with Crippen molar-refractivity contribution in [3.63, 3.8) is 0 Å². The first-order valence-electron chi connectivity index (χ1n) is 8.39. The molecule has 0 aliphatic heterocycles. The molecule has 0 bridgehead atoms. The molecule has 0 heterocycles. The third-order valence-corrected chi connectivity index (χ3v) is 3.36. The number of carbonyl (C=O) groups excluding carboxylic acids is 1. The van der Waals surface area contributed by atoms with E-state index in [0.717, 1.165) is 25.1 Å². The van der Waals surface area contributed by atoms with E-state index in [-0.39, 0.29) is 24.0 Å². The van der Waals surface area contributed by atoms with Crippen molar-refractivity contribution in [2.75, 3.05) is 25.0 Å². The van der Waals surface area contributed by atoms with E-state index in [9.17, 15) is 4.79 Å². The molecule has 1 aromatic rings. The minimum absolute atomic E-state index is 0. The van der Waals surface area contributed by atoms with Crippen LogP contribution in [0.2, 0.25) is 0 Å². The number of hydrogen-bond acceptors (Lipinski definition) is 3. The average molecular weight is 462 g/mol. The van der Waals surface area contributed by atoms with E-state index in [0.29, 0.717) is 18.2 Å². The van der Waals surface area contributed by atoms with E-state index < -0.39 is 11.7 Å². The fourth-order valence-corrected chi connectivity index (χ4v) is 2.12. The summed E-state index contributed by atoms with van der Waals surface area (Å²) < 4.78 is 5.22. The van der Waals surface area contributed by atoms with Crippen LogP contribution in [0.3, 0.4) is 0 Å². The molecular weight excluding hydrogens is 431 g/mol. The molecule has 0 aliphatic carbocycles. The lowest BCUT2D eigenvalue weighted by atomic mass is 10.1. The standard InChI is InChI=1S/C18H30N4O2.HI/c1-6-22(7-2)16(19)20-13-12-14-8-10-15(11-9-14)21-17(23)24-18(3,4)5;/h8-11H,6-7,12-13H2,1-5H3,(H2,19,20)(H,21,23);1H. The second kappa shape index (κ2) is 11.2. The van der Waals surface area contributed by atoms with Crippen LogP contribution in [0, 0.1) is 0 Å². The normalized spacial score (nSPS) is 11.5. The number of rotatable bonds is 6. The minimum atomic E-state index is -0.507. The fourth-order valence-electron chi connectivity index (χ4n) is 2.12. The van der Waals surface area contributed by atoms with Gasteiger partial charge in [0.1, 0.15) is 5.60 Å². The summed E-state index contributed by atoms with van der Waals surface area (Å²) in [6.45, 7) is 12.0. The summed E-state index contributed by atoms with van der Waals surface area (Å²) in [5.41, 5.74) is 7.29. The van der Waals surface area contributed by atoms with Gasteiger partial charge in [-0.3, -0.25) is 10.3 Å². The quantitative estimate of drug-likeness (QED) is 0.383. The molecule has 0 saturated carbocycles. The fraction of sp³-hybridized carbons (Fsp3) is 0.556. The number of carbonyl (C=O) groups is 1. The monoisotopic (exact) mass is 462 g/mol. The van der Waals surface area contributed by atoms with Gasteiger partial charge in [0.25, 0.3) is 0 Å².